The number of nitrogens with one attached hydrogen (secondary N) is 3. The molecule has 136 valence electrons. The van der Waals surface area contributed by atoms with Crippen LogP contribution >= 0.6 is 12.4 Å². The Hall–Kier alpha value is -2.65. The summed E-state index contributed by atoms with van der Waals surface area (Å²) in [4.78, 5) is 27.4. The summed E-state index contributed by atoms with van der Waals surface area (Å²) in [5, 5.41) is 12.0. The minimum absolute atomic E-state index is 0. The van der Waals surface area contributed by atoms with Crippen LogP contribution in [0.3, 0.4) is 0 Å². The molecule has 0 radical (unpaired) electrons. The summed E-state index contributed by atoms with van der Waals surface area (Å²) in [5.41, 5.74) is 12.0. The van der Waals surface area contributed by atoms with Crippen molar-refractivity contribution in [3.63, 3.8) is 0 Å². The molecular weight excluding hydrogens is 346 g/mol. The molecule has 0 aliphatic carbocycles. The highest BCUT2D eigenvalue weighted by molar-refractivity contribution is 5.96. The Morgan fingerprint density at radius 1 is 1.28 bits per heavy atom. The number of H-pyrrole nitrogens is 1. The van der Waals surface area contributed by atoms with Crippen LogP contribution in [0.4, 0.5) is 10.5 Å². The number of primary amides is 1. The van der Waals surface area contributed by atoms with Crippen molar-refractivity contribution in [1.29, 1.82) is 0 Å². The Morgan fingerprint density at radius 2 is 1.96 bits per heavy atom. The monoisotopic (exact) mass is 367 g/mol. The quantitative estimate of drug-likeness (QED) is 0.496. The number of carbonyl (C=O) groups excluding carboxylic acids is 2. The number of rotatable bonds is 7. The van der Waals surface area contributed by atoms with Crippen molar-refractivity contribution in [3.8, 4) is 11.4 Å². The first-order chi connectivity index (χ1) is 11.5. The molecule has 0 bridgehead atoms. The van der Waals surface area contributed by atoms with Gasteiger partial charge in [-0.2, -0.15) is 5.10 Å². The van der Waals surface area contributed by atoms with Crippen LogP contribution < -0.4 is 22.1 Å². The molecule has 0 aliphatic heterocycles. The van der Waals surface area contributed by atoms with Crippen molar-refractivity contribution in [1.82, 2.24) is 20.5 Å². The maximum absolute atomic E-state index is 12.2. The summed E-state index contributed by atoms with van der Waals surface area (Å²) in [5.74, 6) is 0.821. The second-order valence-corrected chi connectivity index (χ2v) is 5.23. The predicted molar refractivity (Wildman–Crippen MR) is 97.0 cm³/mol. The molecule has 0 spiro atoms. The third-order valence-electron chi connectivity index (χ3n) is 3.35. The summed E-state index contributed by atoms with van der Waals surface area (Å²) in [6.45, 7) is 2.21. The number of aromatic nitrogens is 3. The molecule has 7 N–H and O–H groups in total. The van der Waals surface area contributed by atoms with Gasteiger partial charge in [0.15, 0.2) is 5.82 Å². The molecule has 0 saturated heterocycles. The first-order valence-electron chi connectivity index (χ1n) is 7.62. The topological polar surface area (TPSA) is 152 Å². The summed E-state index contributed by atoms with van der Waals surface area (Å²) >= 11 is 0. The molecular formula is C15H22ClN7O2. The van der Waals surface area contributed by atoms with Crippen LogP contribution in [-0.2, 0) is 11.3 Å². The average molecular weight is 368 g/mol. The zero-order valence-electron chi connectivity index (χ0n) is 13.8. The van der Waals surface area contributed by atoms with E-state index < -0.39 is 12.1 Å². The van der Waals surface area contributed by atoms with E-state index in [4.69, 9.17) is 11.5 Å². The van der Waals surface area contributed by atoms with Crippen LogP contribution in [0.25, 0.3) is 11.4 Å². The molecule has 25 heavy (non-hydrogen) atoms. The Morgan fingerprint density at radius 3 is 2.48 bits per heavy atom. The van der Waals surface area contributed by atoms with E-state index in [0.717, 1.165) is 12.0 Å². The second-order valence-electron chi connectivity index (χ2n) is 5.23. The minimum Gasteiger partial charge on any atom is -0.352 e. The number of carbonyl (C=O) groups is 2. The minimum atomic E-state index is -0.723. The Kier molecular flexibility index (Phi) is 7.83. The number of urea groups is 1. The highest BCUT2D eigenvalue weighted by Gasteiger charge is 2.18. The molecule has 0 unspecified atom stereocenters. The number of hydrogen-bond acceptors (Lipinski definition) is 5. The maximum atomic E-state index is 12.2. The van der Waals surface area contributed by atoms with Gasteiger partial charge in [-0.25, -0.2) is 9.78 Å². The molecule has 1 aromatic carbocycles. The van der Waals surface area contributed by atoms with Crippen molar-refractivity contribution in [2.75, 3.05) is 5.32 Å². The van der Waals surface area contributed by atoms with Gasteiger partial charge < -0.3 is 22.1 Å². The molecule has 0 aliphatic rings. The van der Waals surface area contributed by atoms with Gasteiger partial charge in [0, 0.05) is 11.3 Å². The molecule has 1 aromatic heterocycles. The van der Waals surface area contributed by atoms with Gasteiger partial charge in [0.1, 0.15) is 11.9 Å². The lowest BCUT2D eigenvalue weighted by atomic mass is 10.1. The number of benzene rings is 1. The summed E-state index contributed by atoms with van der Waals surface area (Å²) in [7, 11) is 0. The van der Waals surface area contributed by atoms with Gasteiger partial charge in [-0.3, -0.25) is 9.89 Å². The third-order valence-corrected chi connectivity index (χ3v) is 3.35. The molecule has 1 atom stereocenters. The van der Waals surface area contributed by atoms with E-state index in [-0.39, 0.29) is 24.9 Å². The van der Waals surface area contributed by atoms with Crippen molar-refractivity contribution in [2.24, 2.45) is 11.5 Å². The number of aromatic amines is 1. The number of hydrogen-bond donors (Lipinski definition) is 5. The fraction of sp³-hybridized carbons (Fsp3) is 0.333. The molecule has 0 saturated carbocycles. The van der Waals surface area contributed by atoms with E-state index in [1.165, 1.54) is 0 Å². The lowest BCUT2D eigenvalue weighted by molar-refractivity contribution is -0.118. The van der Waals surface area contributed by atoms with Gasteiger partial charge in [-0.05, 0) is 30.7 Å². The van der Waals surface area contributed by atoms with Crippen molar-refractivity contribution >= 4 is 30.0 Å². The second kappa shape index (κ2) is 9.60. The molecule has 1 heterocycles. The van der Waals surface area contributed by atoms with Crippen LogP contribution in [0.2, 0.25) is 0 Å². The number of nitrogens with two attached hydrogens (primary N) is 2. The summed E-state index contributed by atoms with van der Waals surface area (Å²) in [6, 6.07) is 5.66. The first-order valence-corrected chi connectivity index (χ1v) is 7.62. The van der Waals surface area contributed by atoms with Crippen LogP contribution in [0, 0.1) is 0 Å². The highest BCUT2D eigenvalue weighted by Crippen LogP contribution is 2.18. The van der Waals surface area contributed by atoms with Crippen LogP contribution in [0.15, 0.2) is 24.3 Å². The van der Waals surface area contributed by atoms with Crippen LogP contribution in [0.1, 0.15) is 25.6 Å². The molecule has 2 rings (SSSR count). The number of anilines is 1. The third kappa shape index (κ3) is 5.73. The SMILES string of the molecule is CCC[C@@H](NC(N)=O)C(=O)Nc1ccc(-c2n[nH]c(CN)n2)cc1.Cl. The van der Waals surface area contributed by atoms with Crippen molar-refractivity contribution in [2.45, 2.75) is 32.4 Å². The smallest absolute Gasteiger partial charge is 0.312 e. The average Bonchev–Trinajstić information content (AvgIpc) is 3.04. The zero-order chi connectivity index (χ0) is 17.5. The Balaban J connectivity index is 0.00000312. The zero-order valence-corrected chi connectivity index (χ0v) is 14.6. The first kappa shape index (κ1) is 20.4. The largest absolute Gasteiger partial charge is 0.352 e. The predicted octanol–water partition coefficient (Wildman–Crippen LogP) is 1.13. The van der Waals surface area contributed by atoms with E-state index in [0.29, 0.717) is 23.8 Å². The highest BCUT2D eigenvalue weighted by atomic mass is 35.5. The van der Waals surface area contributed by atoms with E-state index in [1.807, 2.05) is 6.92 Å². The lowest BCUT2D eigenvalue weighted by Crippen LogP contribution is -2.46. The fourth-order valence-corrected chi connectivity index (χ4v) is 2.18. The van der Waals surface area contributed by atoms with Gasteiger partial charge >= 0.3 is 6.03 Å². The van der Waals surface area contributed by atoms with Crippen molar-refractivity contribution < 1.29 is 9.59 Å². The lowest BCUT2D eigenvalue weighted by Gasteiger charge is -2.16. The Labute approximate surface area is 151 Å². The van der Waals surface area contributed by atoms with Gasteiger partial charge in [-0.1, -0.05) is 13.3 Å². The van der Waals surface area contributed by atoms with Gasteiger partial charge in [0.2, 0.25) is 5.91 Å². The summed E-state index contributed by atoms with van der Waals surface area (Å²) < 4.78 is 0. The molecule has 2 aromatic rings. The number of halogens is 1. The van der Waals surface area contributed by atoms with Gasteiger partial charge in [-0.15, -0.1) is 12.4 Å². The fourth-order valence-electron chi connectivity index (χ4n) is 2.18. The molecule has 0 fully saturated rings. The molecule has 3 amide bonds. The normalized spacial score (nSPS) is 11.3. The van der Waals surface area contributed by atoms with E-state index in [1.54, 1.807) is 24.3 Å². The van der Waals surface area contributed by atoms with E-state index in [2.05, 4.69) is 25.8 Å². The maximum Gasteiger partial charge on any atom is 0.312 e. The number of amides is 3. The molecule has 9 nitrogen and oxygen atoms in total. The van der Waals surface area contributed by atoms with E-state index in [9.17, 15) is 9.59 Å². The van der Waals surface area contributed by atoms with Gasteiger partial charge in [0.05, 0.1) is 6.54 Å². The van der Waals surface area contributed by atoms with Crippen LogP contribution in [-0.4, -0.2) is 33.2 Å². The summed E-state index contributed by atoms with van der Waals surface area (Å²) in [6.07, 6.45) is 1.25. The number of nitrogens with zero attached hydrogens (tertiary/aromatic N) is 2. The van der Waals surface area contributed by atoms with E-state index >= 15 is 0 Å². The Bertz CT molecular complexity index is 702. The van der Waals surface area contributed by atoms with Crippen LogP contribution in [0.5, 0.6) is 0 Å². The van der Waals surface area contributed by atoms with Crippen molar-refractivity contribution in [3.05, 3.63) is 30.1 Å². The molecule has 10 heteroatoms. The van der Waals surface area contributed by atoms with Gasteiger partial charge in [0.25, 0.3) is 0 Å². The standard InChI is InChI=1S/C15H21N7O2.ClH/c1-2-3-11(19-15(17)24)14(23)18-10-6-4-9(5-7-10)13-20-12(8-16)21-22-13;/h4-7,11H,2-3,8,16H2,1H3,(H,18,23)(H3,17,19,24)(H,20,21,22);1H/t11-;/m1./s1.